The molecule has 1 N–H and O–H groups in total. The van der Waals surface area contributed by atoms with Gasteiger partial charge in [-0.15, -0.1) is 0 Å². The topological polar surface area (TPSA) is 20.2 Å². The fourth-order valence-electron chi connectivity index (χ4n) is 1.27. The van der Waals surface area contributed by atoms with Gasteiger partial charge in [-0.3, -0.25) is 0 Å². The average Bonchev–Trinajstić information content (AvgIpc) is 2.26. The van der Waals surface area contributed by atoms with Crippen LogP contribution in [-0.4, -0.2) is 11.2 Å². The number of rotatable bonds is 5. The first-order chi connectivity index (χ1) is 6.74. The Hall–Kier alpha value is -1.34. The molecule has 0 saturated heterocycles. The van der Waals surface area contributed by atoms with E-state index in [1.165, 1.54) is 5.56 Å². The van der Waals surface area contributed by atoms with Gasteiger partial charge in [-0.2, -0.15) is 0 Å². The molecule has 1 rings (SSSR count). The summed E-state index contributed by atoms with van der Waals surface area (Å²) in [5.41, 5.74) is 1.93. The Bertz CT molecular complexity index is 300. The Morgan fingerprint density at radius 3 is 2.57 bits per heavy atom. The standard InChI is InChI=1S/C13H16O/c1-3-11(2)13(14)10-9-12-7-5-4-6-8-12/h3-8,13-14H,1-2,9-10H2/t13-/m0/s1. The molecule has 1 aromatic rings. The smallest absolute Gasteiger partial charge is 0.0787 e. The summed E-state index contributed by atoms with van der Waals surface area (Å²) in [4.78, 5) is 0. The Balaban J connectivity index is 2.41. The largest absolute Gasteiger partial charge is 0.388 e. The molecule has 1 nitrogen and oxygen atoms in total. The molecule has 14 heavy (non-hydrogen) atoms. The van der Waals surface area contributed by atoms with Crippen LogP contribution in [0.1, 0.15) is 12.0 Å². The van der Waals surface area contributed by atoms with Crippen molar-refractivity contribution in [1.29, 1.82) is 0 Å². The van der Waals surface area contributed by atoms with Gasteiger partial charge in [0, 0.05) is 0 Å². The van der Waals surface area contributed by atoms with Gasteiger partial charge in [-0.05, 0) is 24.0 Å². The van der Waals surface area contributed by atoms with E-state index >= 15 is 0 Å². The molecule has 0 heterocycles. The third kappa shape index (κ3) is 3.19. The second kappa shape index (κ2) is 5.40. The Morgan fingerprint density at radius 2 is 2.00 bits per heavy atom. The summed E-state index contributed by atoms with van der Waals surface area (Å²) in [5, 5.41) is 9.61. The van der Waals surface area contributed by atoms with Crippen molar-refractivity contribution in [3.63, 3.8) is 0 Å². The summed E-state index contributed by atoms with van der Waals surface area (Å²) in [5.74, 6) is 0. The van der Waals surface area contributed by atoms with E-state index in [0.29, 0.717) is 12.0 Å². The molecule has 74 valence electrons. The van der Waals surface area contributed by atoms with Gasteiger partial charge in [-0.1, -0.05) is 49.6 Å². The van der Waals surface area contributed by atoms with Crippen LogP contribution in [0.3, 0.4) is 0 Å². The van der Waals surface area contributed by atoms with Crippen LogP contribution in [-0.2, 0) is 6.42 Å². The van der Waals surface area contributed by atoms with Crippen LogP contribution in [0.25, 0.3) is 0 Å². The lowest BCUT2D eigenvalue weighted by Crippen LogP contribution is -2.08. The molecule has 0 fully saturated rings. The van der Waals surface area contributed by atoms with Gasteiger partial charge in [0.05, 0.1) is 6.10 Å². The fraction of sp³-hybridized carbons (Fsp3) is 0.231. The van der Waals surface area contributed by atoms with Crippen LogP contribution in [0, 0.1) is 0 Å². The van der Waals surface area contributed by atoms with E-state index in [4.69, 9.17) is 0 Å². The minimum absolute atomic E-state index is 0.465. The monoisotopic (exact) mass is 188 g/mol. The molecule has 0 aliphatic heterocycles. The van der Waals surface area contributed by atoms with Crippen LogP contribution in [0.2, 0.25) is 0 Å². The minimum Gasteiger partial charge on any atom is -0.388 e. The molecule has 0 aromatic heterocycles. The molecular weight excluding hydrogens is 172 g/mol. The van der Waals surface area contributed by atoms with Crippen molar-refractivity contribution in [2.24, 2.45) is 0 Å². The van der Waals surface area contributed by atoms with Gasteiger partial charge >= 0.3 is 0 Å². The van der Waals surface area contributed by atoms with Gasteiger partial charge in [0.2, 0.25) is 0 Å². The first-order valence-electron chi connectivity index (χ1n) is 4.77. The highest BCUT2D eigenvalue weighted by molar-refractivity contribution is 5.18. The highest BCUT2D eigenvalue weighted by Crippen LogP contribution is 2.10. The van der Waals surface area contributed by atoms with E-state index in [0.717, 1.165) is 6.42 Å². The molecule has 0 saturated carbocycles. The Labute approximate surface area is 85.4 Å². The summed E-state index contributed by atoms with van der Waals surface area (Å²) in [6, 6.07) is 10.1. The molecular formula is C13H16O. The SMILES string of the molecule is C=CC(=C)[C@@H](O)CCc1ccccc1. The van der Waals surface area contributed by atoms with E-state index in [9.17, 15) is 5.11 Å². The van der Waals surface area contributed by atoms with Crippen molar-refractivity contribution in [1.82, 2.24) is 0 Å². The lowest BCUT2D eigenvalue weighted by molar-refractivity contribution is 0.205. The maximum atomic E-state index is 9.61. The van der Waals surface area contributed by atoms with Gasteiger partial charge in [0.1, 0.15) is 0 Å². The molecule has 0 spiro atoms. The summed E-state index contributed by atoms with van der Waals surface area (Å²) in [6.07, 6.45) is 2.71. The zero-order valence-electron chi connectivity index (χ0n) is 8.32. The lowest BCUT2D eigenvalue weighted by Gasteiger charge is -2.09. The third-order valence-corrected chi connectivity index (χ3v) is 2.24. The predicted molar refractivity (Wildman–Crippen MR) is 60.1 cm³/mol. The molecule has 0 bridgehead atoms. The van der Waals surface area contributed by atoms with Gasteiger partial charge in [0.15, 0.2) is 0 Å². The van der Waals surface area contributed by atoms with Crippen molar-refractivity contribution in [3.8, 4) is 0 Å². The van der Waals surface area contributed by atoms with E-state index in [1.807, 2.05) is 18.2 Å². The predicted octanol–water partition coefficient (Wildman–Crippen LogP) is 2.72. The van der Waals surface area contributed by atoms with E-state index in [-0.39, 0.29) is 0 Å². The summed E-state index contributed by atoms with van der Waals surface area (Å²) in [7, 11) is 0. The lowest BCUT2D eigenvalue weighted by atomic mass is 10.0. The second-order valence-electron chi connectivity index (χ2n) is 3.32. The van der Waals surface area contributed by atoms with E-state index in [2.05, 4.69) is 25.3 Å². The van der Waals surface area contributed by atoms with Gasteiger partial charge < -0.3 is 5.11 Å². The van der Waals surface area contributed by atoms with Crippen molar-refractivity contribution in [2.75, 3.05) is 0 Å². The fourth-order valence-corrected chi connectivity index (χ4v) is 1.27. The summed E-state index contributed by atoms with van der Waals surface area (Å²) < 4.78 is 0. The second-order valence-corrected chi connectivity index (χ2v) is 3.32. The van der Waals surface area contributed by atoms with Gasteiger partial charge in [-0.25, -0.2) is 0 Å². The first kappa shape index (κ1) is 10.7. The normalized spacial score (nSPS) is 12.1. The van der Waals surface area contributed by atoms with Crippen molar-refractivity contribution >= 4 is 0 Å². The molecule has 0 radical (unpaired) electrons. The summed E-state index contributed by atoms with van der Waals surface area (Å²) >= 11 is 0. The number of hydrogen-bond donors (Lipinski definition) is 1. The maximum Gasteiger partial charge on any atom is 0.0787 e. The number of hydrogen-bond acceptors (Lipinski definition) is 1. The Kier molecular flexibility index (Phi) is 4.14. The quantitative estimate of drug-likeness (QED) is 0.704. The summed E-state index contributed by atoms with van der Waals surface area (Å²) in [6.45, 7) is 7.29. The molecule has 0 amide bonds. The molecule has 1 atom stereocenters. The van der Waals surface area contributed by atoms with Crippen LogP contribution in [0.4, 0.5) is 0 Å². The molecule has 1 aromatic carbocycles. The molecule has 0 unspecified atom stereocenters. The Morgan fingerprint density at radius 1 is 1.36 bits per heavy atom. The highest BCUT2D eigenvalue weighted by Gasteiger charge is 2.05. The maximum absolute atomic E-state index is 9.61. The number of aliphatic hydroxyl groups excluding tert-OH is 1. The van der Waals surface area contributed by atoms with Crippen molar-refractivity contribution < 1.29 is 5.11 Å². The van der Waals surface area contributed by atoms with Crippen LogP contribution < -0.4 is 0 Å². The number of aryl methyl sites for hydroxylation is 1. The van der Waals surface area contributed by atoms with Crippen molar-refractivity contribution in [2.45, 2.75) is 18.9 Å². The first-order valence-corrected chi connectivity index (χ1v) is 4.77. The highest BCUT2D eigenvalue weighted by atomic mass is 16.3. The van der Waals surface area contributed by atoms with Crippen LogP contribution in [0.5, 0.6) is 0 Å². The number of aliphatic hydroxyl groups is 1. The zero-order chi connectivity index (χ0) is 10.4. The van der Waals surface area contributed by atoms with Crippen molar-refractivity contribution in [3.05, 3.63) is 60.7 Å². The molecule has 0 aliphatic carbocycles. The average molecular weight is 188 g/mol. The molecule has 1 heteroatoms. The molecule has 0 aliphatic rings. The third-order valence-electron chi connectivity index (χ3n) is 2.24. The van der Waals surface area contributed by atoms with Crippen LogP contribution in [0.15, 0.2) is 55.1 Å². The zero-order valence-corrected chi connectivity index (χ0v) is 8.32. The minimum atomic E-state index is -0.465. The van der Waals surface area contributed by atoms with E-state index < -0.39 is 6.10 Å². The van der Waals surface area contributed by atoms with Crippen LogP contribution >= 0.6 is 0 Å². The van der Waals surface area contributed by atoms with E-state index in [1.54, 1.807) is 6.08 Å². The van der Waals surface area contributed by atoms with Gasteiger partial charge in [0.25, 0.3) is 0 Å². The number of benzene rings is 1.